The second kappa shape index (κ2) is 11.2. The molecule has 0 unspecified atom stereocenters. The first-order valence-electron chi connectivity index (χ1n) is 10.9. The van der Waals surface area contributed by atoms with Crippen molar-refractivity contribution in [2.24, 2.45) is 0 Å². The van der Waals surface area contributed by atoms with E-state index in [1.54, 1.807) is 37.5 Å². The van der Waals surface area contributed by atoms with Gasteiger partial charge in [0.15, 0.2) is 0 Å². The Balaban J connectivity index is 1.30. The maximum absolute atomic E-state index is 12.6. The summed E-state index contributed by atoms with van der Waals surface area (Å²) in [6, 6.07) is 12.7. The van der Waals surface area contributed by atoms with E-state index in [1.165, 1.54) is 11.3 Å². The van der Waals surface area contributed by atoms with Crippen LogP contribution in [-0.4, -0.2) is 54.9 Å². The third kappa shape index (κ3) is 5.88. The highest BCUT2D eigenvalue weighted by molar-refractivity contribution is 7.14. The zero-order valence-electron chi connectivity index (χ0n) is 18.7. The van der Waals surface area contributed by atoms with Crippen LogP contribution in [0.25, 0.3) is 0 Å². The topological polar surface area (TPSA) is 77.6 Å². The van der Waals surface area contributed by atoms with Crippen LogP contribution in [0.3, 0.4) is 0 Å². The number of nitrogens with one attached hydrogen (secondary N) is 2. The molecular formula is C24H25Cl2N5O2S. The molecule has 10 heteroatoms. The Morgan fingerprint density at radius 1 is 1.06 bits per heavy atom. The second-order valence-corrected chi connectivity index (χ2v) is 9.91. The number of halogens is 2. The lowest BCUT2D eigenvalue weighted by Gasteiger charge is -2.35. The Kier molecular flexibility index (Phi) is 8.05. The van der Waals surface area contributed by atoms with Gasteiger partial charge in [-0.1, -0.05) is 29.3 Å². The standard InChI is InChI=1S/C24H25Cl2N5O2S/c1-27-23(32)19-3-2-8-28-22(19)31-11-9-30(10-12-31)15-18-6-7-21(34-18)24(33)29-14-16-4-5-17(25)13-20(16)26/h2-8,13H,9-12,14-15H2,1H3,(H,27,32)(H,29,33). The minimum absolute atomic E-state index is 0.121. The summed E-state index contributed by atoms with van der Waals surface area (Å²) in [4.78, 5) is 35.5. The molecule has 1 fully saturated rings. The Morgan fingerprint density at radius 2 is 1.85 bits per heavy atom. The lowest BCUT2D eigenvalue weighted by molar-refractivity contribution is 0.0950. The highest BCUT2D eigenvalue weighted by atomic mass is 35.5. The van der Waals surface area contributed by atoms with Crippen molar-refractivity contribution in [3.63, 3.8) is 0 Å². The van der Waals surface area contributed by atoms with Crippen molar-refractivity contribution in [2.75, 3.05) is 38.1 Å². The lowest BCUT2D eigenvalue weighted by atomic mass is 10.2. The number of benzene rings is 1. The number of aromatic nitrogens is 1. The number of thiophene rings is 1. The monoisotopic (exact) mass is 517 g/mol. The van der Waals surface area contributed by atoms with Crippen LogP contribution in [0.5, 0.6) is 0 Å². The smallest absolute Gasteiger partial charge is 0.261 e. The number of piperazine rings is 1. The normalized spacial score (nSPS) is 14.1. The van der Waals surface area contributed by atoms with Crippen LogP contribution in [0.2, 0.25) is 10.0 Å². The molecule has 1 saturated heterocycles. The number of rotatable bonds is 7. The van der Waals surface area contributed by atoms with Crippen LogP contribution >= 0.6 is 34.5 Å². The highest BCUT2D eigenvalue weighted by Crippen LogP contribution is 2.23. The minimum Gasteiger partial charge on any atom is -0.355 e. The van der Waals surface area contributed by atoms with Gasteiger partial charge in [0.05, 0.1) is 10.4 Å². The molecule has 3 heterocycles. The van der Waals surface area contributed by atoms with Gasteiger partial charge in [-0.3, -0.25) is 14.5 Å². The van der Waals surface area contributed by atoms with Crippen LogP contribution in [0.4, 0.5) is 5.82 Å². The first kappa shape index (κ1) is 24.5. The summed E-state index contributed by atoms with van der Waals surface area (Å²) in [5, 5.41) is 6.70. The predicted octanol–water partition coefficient (Wildman–Crippen LogP) is 4.06. The molecule has 34 heavy (non-hydrogen) atoms. The molecule has 4 rings (SSSR count). The fraction of sp³-hybridized carbons (Fsp3) is 0.292. The fourth-order valence-electron chi connectivity index (χ4n) is 3.81. The number of amides is 2. The molecule has 2 aromatic heterocycles. The summed E-state index contributed by atoms with van der Waals surface area (Å²) in [5.41, 5.74) is 1.41. The fourth-order valence-corrected chi connectivity index (χ4v) is 5.25. The van der Waals surface area contributed by atoms with E-state index in [2.05, 4.69) is 25.4 Å². The van der Waals surface area contributed by atoms with Gasteiger partial charge in [-0.2, -0.15) is 0 Å². The molecule has 0 atom stereocenters. The maximum Gasteiger partial charge on any atom is 0.261 e. The molecule has 0 aliphatic carbocycles. The van der Waals surface area contributed by atoms with Gasteiger partial charge in [0, 0.05) is 67.4 Å². The first-order chi connectivity index (χ1) is 16.4. The largest absolute Gasteiger partial charge is 0.355 e. The summed E-state index contributed by atoms with van der Waals surface area (Å²) in [6.45, 7) is 4.37. The van der Waals surface area contributed by atoms with E-state index in [9.17, 15) is 9.59 Å². The van der Waals surface area contributed by atoms with Gasteiger partial charge in [0.1, 0.15) is 5.82 Å². The highest BCUT2D eigenvalue weighted by Gasteiger charge is 2.23. The van der Waals surface area contributed by atoms with Crippen molar-refractivity contribution in [2.45, 2.75) is 13.1 Å². The van der Waals surface area contributed by atoms with Crippen molar-refractivity contribution in [3.8, 4) is 0 Å². The van der Waals surface area contributed by atoms with E-state index in [0.717, 1.165) is 49.0 Å². The number of carbonyl (C=O) groups excluding carboxylic acids is 2. The molecule has 2 amide bonds. The van der Waals surface area contributed by atoms with E-state index in [1.807, 2.05) is 18.2 Å². The first-order valence-corrected chi connectivity index (χ1v) is 12.5. The Hall–Kier alpha value is -2.65. The van der Waals surface area contributed by atoms with Gasteiger partial charge in [-0.15, -0.1) is 11.3 Å². The molecule has 7 nitrogen and oxygen atoms in total. The molecule has 0 spiro atoms. The molecule has 0 saturated carbocycles. The number of hydrogen-bond acceptors (Lipinski definition) is 6. The van der Waals surface area contributed by atoms with E-state index >= 15 is 0 Å². The quantitative estimate of drug-likeness (QED) is 0.494. The van der Waals surface area contributed by atoms with Crippen molar-refractivity contribution in [1.29, 1.82) is 0 Å². The summed E-state index contributed by atoms with van der Waals surface area (Å²) in [5.74, 6) is 0.467. The van der Waals surface area contributed by atoms with Gasteiger partial charge in [0.25, 0.3) is 11.8 Å². The van der Waals surface area contributed by atoms with Gasteiger partial charge >= 0.3 is 0 Å². The van der Waals surface area contributed by atoms with Crippen LogP contribution in [-0.2, 0) is 13.1 Å². The molecule has 1 aliphatic rings. The van der Waals surface area contributed by atoms with Gasteiger partial charge < -0.3 is 15.5 Å². The average molecular weight is 518 g/mol. The van der Waals surface area contributed by atoms with Gasteiger partial charge in [0.2, 0.25) is 0 Å². The Morgan fingerprint density at radius 3 is 2.59 bits per heavy atom. The molecule has 1 aliphatic heterocycles. The van der Waals surface area contributed by atoms with E-state index in [4.69, 9.17) is 23.2 Å². The SMILES string of the molecule is CNC(=O)c1cccnc1N1CCN(Cc2ccc(C(=O)NCc3ccc(Cl)cc3Cl)s2)CC1. The third-order valence-corrected chi connectivity index (χ3v) is 7.31. The van der Waals surface area contributed by atoms with E-state index in [0.29, 0.717) is 27.0 Å². The van der Waals surface area contributed by atoms with Crippen LogP contribution in [0, 0.1) is 0 Å². The van der Waals surface area contributed by atoms with Crippen molar-refractivity contribution < 1.29 is 9.59 Å². The molecule has 0 radical (unpaired) electrons. The number of hydrogen-bond donors (Lipinski definition) is 2. The summed E-state index contributed by atoms with van der Waals surface area (Å²) in [7, 11) is 1.62. The van der Waals surface area contributed by atoms with Gasteiger partial charge in [-0.25, -0.2) is 4.98 Å². The Bertz CT molecular complexity index is 1180. The van der Waals surface area contributed by atoms with Gasteiger partial charge in [-0.05, 0) is 42.0 Å². The van der Waals surface area contributed by atoms with Crippen molar-refractivity contribution in [3.05, 3.63) is 79.6 Å². The molecule has 1 aromatic carbocycles. The zero-order chi connectivity index (χ0) is 24.1. The lowest BCUT2D eigenvalue weighted by Crippen LogP contribution is -2.46. The number of carbonyl (C=O) groups is 2. The number of anilines is 1. The maximum atomic E-state index is 12.6. The third-order valence-electron chi connectivity index (χ3n) is 5.65. The summed E-state index contributed by atoms with van der Waals surface area (Å²) in [6.07, 6.45) is 1.72. The van der Waals surface area contributed by atoms with E-state index < -0.39 is 0 Å². The van der Waals surface area contributed by atoms with Crippen molar-refractivity contribution in [1.82, 2.24) is 20.5 Å². The van der Waals surface area contributed by atoms with Crippen LogP contribution < -0.4 is 15.5 Å². The molecule has 0 bridgehead atoms. The summed E-state index contributed by atoms with van der Waals surface area (Å²) < 4.78 is 0. The second-order valence-electron chi connectivity index (χ2n) is 7.90. The van der Waals surface area contributed by atoms with Crippen LogP contribution in [0.1, 0.15) is 30.5 Å². The molecular weight excluding hydrogens is 493 g/mol. The number of pyridine rings is 1. The van der Waals surface area contributed by atoms with Crippen LogP contribution in [0.15, 0.2) is 48.7 Å². The zero-order valence-corrected chi connectivity index (χ0v) is 21.0. The van der Waals surface area contributed by atoms with E-state index in [-0.39, 0.29) is 11.8 Å². The predicted molar refractivity (Wildman–Crippen MR) is 137 cm³/mol. The average Bonchev–Trinajstić information content (AvgIpc) is 3.32. The Labute approximate surface area is 212 Å². The number of nitrogens with zero attached hydrogens (tertiary/aromatic N) is 3. The minimum atomic E-state index is -0.131. The summed E-state index contributed by atoms with van der Waals surface area (Å²) >= 11 is 13.6. The molecule has 2 N–H and O–H groups in total. The van der Waals surface area contributed by atoms with Crippen molar-refractivity contribution >= 4 is 52.2 Å². The molecule has 178 valence electrons. The molecule has 3 aromatic rings.